The van der Waals surface area contributed by atoms with Crippen LogP contribution in [0, 0.1) is 0 Å². The monoisotopic (exact) mass is 401 g/mol. The van der Waals surface area contributed by atoms with Gasteiger partial charge in [-0.25, -0.2) is 4.98 Å². The number of carbonyl (C=O) groups is 1. The van der Waals surface area contributed by atoms with Crippen molar-refractivity contribution in [2.45, 2.75) is 23.8 Å². The average molecular weight is 402 g/mol. The van der Waals surface area contributed by atoms with Crippen molar-refractivity contribution in [1.82, 2.24) is 9.38 Å². The first kappa shape index (κ1) is 18.2. The molecule has 4 rings (SSSR count). The zero-order chi connectivity index (χ0) is 18.6. The van der Waals surface area contributed by atoms with E-state index in [2.05, 4.69) is 16.4 Å². The third kappa shape index (κ3) is 4.23. The topological polar surface area (TPSA) is 72.7 Å². The van der Waals surface area contributed by atoms with Crippen molar-refractivity contribution in [2.24, 2.45) is 0 Å². The van der Waals surface area contributed by atoms with E-state index in [0.717, 1.165) is 37.4 Å². The van der Waals surface area contributed by atoms with Crippen LogP contribution in [0.4, 0.5) is 5.69 Å². The fourth-order valence-electron chi connectivity index (χ4n) is 2.97. The van der Waals surface area contributed by atoms with E-state index in [9.17, 15) is 9.59 Å². The highest BCUT2D eigenvalue weighted by molar-refractivity contribution is 7.99. The molecule has 1 aromatic carbocycles. The van der Waals surface area contributed by atoms with Gasteiger partial charge in [0.2, 0.25) is 0 Å². The minimum absolute atomic E-state index is 0.0351. The number of rotatable bonds is 5. The van der Waals surface area contributed by atoms with Crippen LogP contribution < -0.4 is 10.9 Å². The number of amides is 1. The molecule has 0 aliphatic carbocycles. The van der Waals surface area contributed by atoms with E-state index in [1.165, 1.54) is 21.9 Å². The molecule has 1 fully saturated rings. The molecule has 1 amide bonds. The zero-order valence-electron chi connectivity index (χ0n) is 14.6. The SMILES string of the molecule is O=C(Nc1cccc(CSC2CCOCC2)c1)c1cnc2sccn2c1=O. The molecular weight excluding hydrogens is 382 g/mol. The number of thioether (sulfide) groups is 1. The number of fused-ring (bicyclic) bond motifs is 1. The van der Waals surface area contributed by atoms with Gasteiger partial charge in [-0.2, -0.15) is 11.8 Å². The highest BCUT2D eigenvalue weighted by Crippen LogP contribution is 2.26. The molecule has 0 radical (unpaired) electrons. The zero-order valence-corrected chi connectivity index (χ0v) is 16.2. The van der Waals surface area contributed by atoms with Gasteiger partial charge in [-0.15, -0.1) is 11.3 Å². The summed E-state index contributed by atoms with van der Waals surface area (Å²) in [5.41, 5.74) is 1.50. The largest absolute Gasteiger partial charge is 0.381 e. The minimum atomic E-state index is -0.442. The summed E-state index contributed by atoms with van der Waals surface area (Å²) in [4.78, 5) is 29.7. The van der Waals surface area contributed by atoms with Crippen molar-refractivity contribution in [3.8, 4) is 0 Å². The molecule has 0 bridgehead atoms. The molecule has 3 aromatic rings. The van der Waals surface area contributed by atoms with Crippen LogP contribution in [0.3, 0.4) is 0 Å². The van der Waals surface area contributed by atoms with Crippen molar-refractivity contribution in [2.75, 3.05) is 18.5 Å². The fraction of sp³-hybridized carbons (Fsp3) is 0.316. The first-order valence-electron chi connectivity index (χ1n) is 8.75. The van der Waals surface area contributed by atoms with Gasteiger partial charge >= 0.3 is 0 Å². The predicted molar refractivity (Wildman–Crippen MR) is 109 cm³/mol. The Morgan fingerprint density at radius 2 is 2.22 bits per heavy atom. The Morgan fingerprint density at radius 3 is 3.07 bits per heavy atom. The Morgan fingerprint density at radius 1 is 1.37 bits per heavy atom. The molecule has 1 N–H and O–H groups in total. The van der Waals surface area contributed by atoms with E-state index < -0.39 is 5.91 Å². The maximum absolute atomic E-state index is 12.5. The van der Waals surface area contributed by atoms with Crippen LogP contribution in [-0.4, -0.2) is 33.8 Å². The van der Waals surface area contributed by atoms with Crippen LogP contribution in [0.5, 0.6) is 0 Å². The van der Waals surface area contributed by atoms with Crippen molar-refractivity contribution < 1.29 is 9.53 Å². The number of ether oxygens (including phenoxy) is 1. The normalized spacial score (nSPS) is 15.1. The van der Waals surface area contributed by atoms with Crippen molar-refractivity contribution in [1.29, 1.82) is 0 Å². The number of hydrogen-bond acceptors (Lipinski definition) is 6. The summed E-state index contributed by atoms with van der Waals surface area (Å²) in [5, 5.41) is 5.21. The lowest BCUT2D eigenvalue weighted by atomic mass is 10.2. The quantitative estimate of drug-likeness (QED) is 0.709. The third-order valence-corrected chi connectivity index (χ3v) is 6.64. The lowest BCUT2D eigenvalue weighted by Gasteiger charge is -2.21. The first-order valence-corrected chi connectivity index (χ1v) is 10.7. The highest BCUT2D eigenvalue weighted by Gasteiger charge is 2.16. The fourth-order valence-corrected chi connectivity index (χ4v) is 4.78. The molecule has 1 saturated heterocycles. The Hall–Kier alpha value is -2.16. The second-order valence-electron chi connectivity index (χ2n) is 6.31. The number of nitrogens with zero attached hydrogens (tertiary/aromatic N) is 2. The van der Waals surface area contributed by atoms with Crippen molar-refractivity contribution >= 4 is 39.7 Å². The summed E-state index contributed by atoms with van der Waals surface area (Å²) < 4.78 is 6.78. The Kier molecular flexibility index (Phi) is 5.56. The van der Waals surface area contributed by atoms with Crippen LogP contribution >= 0.6 is 23.1 Å². The number of nitrogens with one attached hydrogen (secondary N) is 1. The number of carbonyl (C=O) groups excluding carboxylic acids is 1. The van der Waals surface area contributed by atoms with E-state index in [-0.39, 0.29) is 11.1 Å². The van der Waals surface area contributed by atoms with Crippen molar-refractivity contribution in [3.63, 3.8) is 0 Å². The molecule has 3 heterocycles. The summed E-state index contributed by atoms with van der Waals surface area (Å²) in [7, 11) is 0. The Balaban J connectivity index is 1.44. The average Bonchev–Trinajstić information content (AvgIpc) is 3.17. The molecular formula is C19H19N3O3S2. The highest BCUT2D eigenvalue weighted by atomic mass is 32.2. The molecule has 8 heteroatoms. The van der Waals surface area contributed by atoms with Gasteiger partial charge in [0.1, 0.15) is 5.56 Å². The second-order valence-corrected chi connectivity index (χ2v) is 8.47. The van der Waals surface area contributed by atoms with E-state index in [0.29, 0.717) is 15.9 Å². The molecule has 0 spiro atoms. The first-order chi connectivity index (χ1) is 13.2. The summed E-state index contributed by atoms with van der Waals surface area (Å²) in [6.07, 6.45) is 5.14. The lowest BCUT2D eigenvalue weighted by molar-refractivity contribution is 0.0999. The van der Waals surface area contributed by atoms with Crippen LogP contribution in [0.25, 0.3) is 4.96 Å². The number of benzene rings is 1. The van der Waals surface area contributed by atoms with Gasteiger partial charge in [0, 0.05) is 47.7 Å². The van der Waals surface area contributed by atoms with Gasteiger partial charge in [0.25, 0.3) is 11.5 Å². The summed E-state index contributed by atoms with van der Waals surface area (Å²) in [6, 6.07) is 7.76. The van der Waals surface area contributed by atoms with Gasteiger partial charge in [0.15, 0.2) is 4.96 Å². The van der Waals surface area contributed by atoms with E-state index in [1.807, 2.05) is 30.0 Å². The second kappa shape index (κ2) is 8.24. The van der Waals surface area contributed by atoms with Gasteiger partial charge in [0.05, 0.1) is 0 Å². The standard InChI is InChI=1S/C19H19N3O3S2/c23-17(16-11-20-19-22(18(16)24)6-9-26-19)21-14-3-1-2-13(10-14)12-27-15-4-7-25-8-5-15/h1-3,6,9-11,15H,4-5,7-8,12H2,(H,21,23). The van der Waals surface area contributed by atoms with Gasteiger partial charge in [-0.05, 0) is 30.5 Å². The minimum Gasteiger partial charge on any atom is -0.381 e. The summed E-state index contributed by atoms with van der Waals surface area (Å²) in [5.74, 6) is 0.446. The predicted octanol–water partition coefficient (Wildman–Crippen LogP) is 3.42. The molecule has 0 saturated carbocycles. The van der Waals surface area contributed by atoms with E-state index in [4.69, 9.17) is 4.74 Å². The molecule has 27 heavy (non-hydrogen) atoms. The number of thiazole rings is 1. The molecule has 1 aliphatic rings. The van der Waals surface area contributed by atoms with Crippen LogP contribution in [0.15, 0.2) is 46.8 Å². The maximum atomic E-state index is 12.5. The molecule has 2 aromatic heterocycles. The Labute approximate surface area is 164 Å². The smallest absolute Gasteiger partial charge is 0.271 e. The summed E-state index contributed by atoms with van der Waals surface area (Å²) >= 11 is 3.28. The van der Waals surface area contributed by atoms with E-state index >= 15 is 0 Å². The van der Waals surface area contributed by atoms with Crippen LogP contribution in [0.2, 0.25) is 0 Å². The maximum Gasteiger partial charge on any atom is 0.271 e. The van der Waals surface area contributed by atoms with Crippen LogP contribution in [-0.2, 0) is 10.5 Å². The van der Waals surface area contributed by atoms with Crippen LogP contribution in [0.1, 0.15) is 28.8 Å². The van der Waals surface area contributed by atoms with Gasteiger partial charge in [-0.1, -0.05) is 12.1 Å². The van der Waals surface area contributed by atoms with Crippen molar-refractivity contribution in [3.05, 3.63) is 63.5 Å². The number of anilines is 1. The Bertz CT molecular complexity index is 1010. The third-order valence-electron chi connectivity index (χ3n) is 4.43. The van der Waals surface area contributed by atoms with Gasteiger partial charge < -0.3 is 10.1 Å². The lowest BCUT2D eigenvalue weighted by Crippen LogP contribution is -2.25. The van der Waals surface area contributed by atoms with Gasteiger partial charge in [-0.3, -0.25) is 14.0 Å². The molecule has 6 nitrogen and oxygen atoms in total. The summed E-state index contributed by atoms with van der Waals surface area (Å²) in [6.45, 7) is 1.68. The number of aromatic nitrogens is 2. The molecule has 1 aliphatic heterocycles. The van der Waals surface area contributed by atoms with E-state index in [1.54, 1.807) is 11.6 Å². The molecule has 140 valence electrons. The number of hydrogen-bond donors (Lipinski definition) is 1. The molecule has 0 atom stereocenters. The molecule has 0 unspecified atom stereocenters.